The van der Waals surface area contributed by atoms with Crippen LogP contribution < -0.4 is 5.32 Å². The smallest absolute Gasteiger partial charge is 0.163 e. The molecule has 0 saturated carbocycles. The van der Waals surface area contributed by atoms with Crippen molar-refractivity contribution in [3.63, 3.8) is 0 Å². The fraction of sp³-hybridized carbons (Fsp3) is 0.294. The van der Waals surface area contributed by atoms with Crippen LogP contribution in [-0.4, -0.2) is 25.5 Å². The molecule has 0 aliphatic rings. The summed E-state index contributed by atoms with van der Waals surface area (Å²) >= 11 is 0. The van der Waals surface area contributed by atoms with Gasteiger partial charge < -0.3 is 10.2 Å². The van der Waals surface area contributed by atoms with Crippen LogP contribution >= 0.6 is 0 Å². The van der Waals surface area contributed by atoms with Gasteiger partial charge in [-0.25, -0.2) is 8.78 Å². The molecule has 2 aromatic rings. The zero-order valence-corrected chi connectivity index (χ0v) is 12.3. The zero-order valence-electron chi connectivity index (χ0n) is 12.3. The van der Waals surface area contributed by atoms with E-state index in [1.54, 1.807) is 6.07 Å². The minimum atomic E-state index is -0.804. The van der Waals surface area contributed by atoms with Gasteiger partial charge in [0.1, 0.15) is 0 Å². The molecule has 21 heavy (non-hydrogen) atoms. The number of rotatable bonds is 6. The highest BCUT2D eigenvalue weighted by atomic mass is 19.2. The Morgan fingerprint density at radius 2 is 1.71 bits per heavy atom. The van der Waals surface area contributed by atoms with E-state index >= 15 is 0 Å². The third kappa shape index (κ3) is 4.09. The lowest BCUT2D eigenvalue weighted by Crippen LogP contribution is -2.31. The Labute approximate surface area is 124 Å². The van der Waals surface area contributed by atoms with E-state index in [0.717, 1.165) is 6.07 Å². The third-order valence-electron chi connectivity index (χ3n) is 3.49. The van der Waals surface area contributed by atoms with Crippen molar-refractivity contribution in [2.75, 3.05) is 20.6 Å². The van der Waals surface area contributed by atoms with E-state index in [9.17, 15) is 8.78 Å². The highest BCUT2D eigenvalue weighted by Gasteiger charge is 2.14. The molecule has 4 heteroatoms. The van der Waals surface area contributed by atoms with E-state index in [-0.39, 0.29) is 6.04 Å². The SMILES string of the molecule is CN(C)C(CNCc1cccc(F)c1F)c1ccccc1. The second-order valence-electron chi connectivity index (χ2n) is 5.23. The molecule has 0 aromatic heterocycles. The van der Waals surface area contributed by atoms with E-state index in [1.165, 1.54) is 11.6 Å². The first-order valence-electron chi connectivity index (χ1n) is 6.94. The topological polar surface area (TPSA) is 15.3 Å². The van der Waals surface area contributed by atoms with Crippen molar-refractivity contribution >= 4 is 0 Å². The van der Waals surface area contributed by atoms with Crippen molar-refractivity contribution in [2.45, 2.75) is 12.6 Å². The summed E-state index contributed by atoms with van der Waals surface area (Å²) in [7, 11) is 4.00. The molecule has 0 fully saturated rings. The maximum absolute atomic E-state index is 13.6. The second-order valence-corrected chi connectivity index (χ2v) is 5.23. The summed E-state index contributed by atoms with van der Waals surface area (Å²) in [6.07, 6.45) is 0. The maximum atomic E-state index is 13.6. The van der Waals surface area contributed by atoms with Gasteiger partial charge in [0.05, 0.1) is 0 Å². The average molecular weight is 290 g/mol. The minimum Gasteiger partial charge on any atom is -0.311 e. The standard InChI is InChI=1S/C17H20F2N2/c1-21(2)16(13-7-4-3-5-8-13)12-20-11-14-9-6-10-15(18)17(14)19/h3-10,16,20H,11-12H2,1-2H3. The van der Waals surface area contributed by atoms with Gasteiger partial charge in [0.2, 0.25) is 0 Å². The highest BCUT2D eigenvalue weighted by Crippen LogP contribution is 2.17. The Morgan fingerprint density at radius 1 is 1.00 bits per heavy atom. The van der Waals surface area contributed by atoms with E-state index in [0.29, 0.717) is 18.7 Å². The first-order chi connectivity index (χ1) is 10.1. The first kappa shape index (κ1) is 15.6. The minimum absolute atomic E-state index is 0.183. The van der Waals surface area contributed by atoms with Crippen LogP contribution in [0.4, 0.5) is 8.78 Å². The summed E-state index contributed by atoms with van der Waals surface area (Å²) in [6.45, 7) is 0.966. The average Bonchev–Trinajstić information content (AvgIpc) is 2.48. The molecule has 0 spiro atoms. The third-order valence-corrected chi connectivity index (χ3v) is 3.49. The van der Waals surface area contributed by atoms with Crippen molar-refractivity contribution in [1.29, 1.82) is 0 Å². The van der Waals surface area contributed by atoms with Crippen LogP contribution in [0, 0.1) is 11.6 Å². The first-order valence-corrected chi connectivity index (χ1v) is 6.94. The van der Waals surface area contributed by atoms with Crippen LogP contribution in [-0.2, 0) is 6.54 Å². The molecule has 0 saturated heterocycles. The summed E-state index contributed by atoms with van der Waals surface area (Å²) in [6, 6.07) is 14.5. The molecule has 112 valence electrons. The number of nitrogens with zero attached hydrogens (tertiary/aromatic N) is 1. The molecule has 0 aliphatic heterocycles. The molecule has 2 nitrogen and oxygen atoms in total. The van der Waals surface area contributed by atoms with Crippen LogP contribution in [0.25, 0.3) is 0 Å². The number of benzene rings is 2. The van der Waals surface area contributed by atoms with Crippen molar-refractivity contribution < 1.29 is 8.78 Å². The van der Waals surface area contributed by atoms with Gasteiger partial charge in [-0.2, -0.15) is 0 Å². The number of hydrogen-bond donors (Lipinski definition) is 1. The normalized spacial score (nSPS) is 12.6. The largest absolute Gasteiger partial charge is 0.311 e. The Hall–Kier alpha value is -1.78. The predicted octanol–water partition coefficient (Wildman–Crippen LogP) is 3.36. The van der Waals surface area contributed by atoms with Gasteiger partial charge in [-0.3, -0.25) is 0 Å². The van der Waals surface area contributed by atoms with Crippen molar-refractivity contribution in [3.05, 3.63) is 71.3 Å². The summed E-state index contributed by atoms with van der Waals surface area (Å²) < 4.78 is 26.7. The predicted molar refractivity (Wildman–Crippen MR) is 80.9 cm³/mol. The van der Waals surface area contributed by atoms with E-state index in [1.807, 2.05) is 32.3 Å². The zero-order chi connectivity index (χ0) is 15.2. The molecule has 2 rings (SSSR count). The van der Waals surface area contributed by atoms with Crippen molar-refractivity contribution in [1.82, 2.24) is 10.2 Å². The van der Waals surface area contributed by atoms with Crippen LogP contribution in [0.15, 0.2) is 48.5 Å². The number of likely N-dealkylation sites (N-methyl/N-ethyl adjacent to an activating group) is 1. The Balaban J connectivity index is 1.99. The fourth-order valence-corrected chi connectivity index (χ4v) is 2.30. The Morgan fingerprint density at radius 3 is 2.38 bits per heavy atom. The molecule has 1 unspecified atom stereocenters. The van der Waals surface area contributed by atoms with Gasteiger partial charge in [-0.1, -0.05) is 42.5 Å². The molecule has 0 bridgehead atoms. The Bertz CT molecular complexity index is 570. The van der Waals surface area contributed by atoms with E-state index < -0.39 is 11.6 Å². The molecular formula is C17H20F2N2. The quantitative estimate of drug-likeness (QED) is 0.877. The van der Waals surface area contributed by atoms with E-state index in [4.69, 9.17) is 0 Å². The number of nitrogens with one attached hydrogen (secondary N) is 1. The monoisotopic (exact) mass is 290 g/mol. The number of halogens is 2. The van der Waals surface area contributed by atoms with Crippen LogP contribution in [0.3, 0.4) is 0 Å². The summed E-state index contributed by atoms with van der Waals surface area (Å²) in [5.41, 5.74) is 1.54. The molecule has 0 amide bonds. The summed E-state index contributed by atoms with van der Waals surface area (Å²) in [4.78, 5) is 2.10. The molecular weight excluding hydrogens is 270 g/mol. The lowest BCUT2D eigenvalue weighted by Gasteiger charge is -2.25. The van der Waals surface area contributed by atoms with E-state index in [2.05, 4.69) is 22.3 Å². The fourth-order valence-electron chi connectivity index (χ4n) is 2.30. The Kier molecular flexibility index (Phi) is 5.42. The number of hydrogen-bond acceptors (Lipinski definition) is 2. The molecule has 0 heterocycles. The van der Waals surface area contributed by atoms with Gasteiger partial charge in [-0.05, 0) is 25.7 Å². The molecule has 2 aromatic carbocycles. The summed E-state index contributed by atoms with van der Waals surface area (Å²) in [5, 5.41) is 3.20. The lowest BCUT2D eigenvalue weighted by molar-refractivity contribution is 0.288. The van der Waals surface area contributed by atoms with Crippen LogP contribution in [0.5, 0.6) is 0 Å². The van der Waals surface area contributed by atoms with Gasteiger partial charge in [0.25, 0.3) is 0 Å². The van der Waals surface area contributed by atoms with Crippen molar-refractivity contribution in [3.8, 4) is 0 Å². The molecule has 1 N–H and O–H groups in total. The van der Waals surface area contributed by atoms with Gasteiger partial charge in [-0.15, -0.1) is 0 Å². The van der Waals surface area contributed by atoms with Crippen LogP contribution in [0.1, 0.15) is 17.2 Å². The summed E-state index contributed by atoms with van der Waals surface area (Å²) in [5.74, 6) is -1.58. The van der Waals surface area contributed by atoms with Gasteiger partial charge >= 0.3 is 0 Å². The molecule has 1 atom stereocenters. The highest BCUT2D eigenvalue weighted by molar-refractivity contribution is 5.20. The lowest BCUT2D eigenvalue weighted by atomic mass is 10.1. The molecule has 0 radical (unpaired) electrons. The van der Waals surface area contributed by atoms with Crippen LogP contribution in [0.2, 0.25) is 0 Å². The molecule has 0 aliphatic carbocycles. The second kappa shape index (κ2) is 7.29. The van der Waals surface area contributed by atoms with Gasteiger partial charge in [0, 0.05) is 24.7 Å². The van der Waals surface area contributed by atoms with Crippen molar-refractivity contribution in [2.24, 2.45) is 0 Å². The maximum Gasteiger partial charge on any atom is 0.163 e. The van der Waals surface area contributed by atoms with Gasteiger partial charge in [0.15, 0.2) is 11.6 Å².